The van der Waals surface area contributed by atoms with Gasteiger partial charge in [-0.1, -0.05) is 17.7 Å². The first-order valence-electron chi connectivity index (χ1n) is 9.11. The average molecular weight is 510 g/mol. The molecule has 1 fully saturated rings. The van der Waals surface area contributed by atoms with E-state index in [0.29, 0.717) is 23.0 Å². The predicted molar refractivity (Wildman–Crippen MR) is 122 cm³/mol. The zero-order chi connectivity index (χ0) is 24.3. The molecule has 10 nitrogen and oxygen atoms in total. The number of hydrogen-bond acceptors (Lipinski definition) is 8. The number of rotatable bonds is 7. The molecule has 0 bridgehead atoms. The highest BCUT2D eigenvalue weighted by atomic mass is 35.5. The molecule has 3 N–H and O–H groups in total. The van der Waals surface area contributed by atoms with Crippen molar-refractivity contribution in [3.8, 4) is 5.75 Å². The second-order valence-corrected chi connectivity index (χ2v) is 9.61. The summed E-state index contributed by atoms with van der Waals surface area (Å²) in [4.78, 5) is 46.9. The fourth-order valence-electron chi connectivity index (χ4n) is 2.69. The quantitative estimate of drug-likeness (QED) is 0.426. The SMILES string of the molecule is CC(=O)Nc1ccc(S(=O)(=O)Oc2ccc(/C=C3\SC(=O)N(CC(N)=O)C3=O)cc2Cl)cc1. The van der Waals surface area contributed by atoms with Gasteiger partial charge < -0.3 is 15.2 Å². The highest BCUT2D eigenvalue weighted by Crippen LogP contribution is 2.34. The Hall–Kier alpha value is -3.35. The molecule has 0 aliphatic carbocycles. The first-order valence-corrected chi connectivity index (χ1v) is 11.7. The average Bonchev–Trinajstić information content (AvgIpc) is 2.97. The van der Waals surface area contributed by atoms with Crippen molar-refractivity contribution >= 4 is 68.2 Å². The van der Waals surface area contributed by atoms with E-state index >= 15 is 0 Å². The number of nitrogens with two attached hydrogens (primary N) is 1. The van der Waals surface area contributed by atoms with Gasteiger partial charge in [-0.15, -0.1) is 0 Å². The van der Waals surface area contributed by atoms with Gasteiger partial charge in [-0.3, -0.25) is 24.1 Å². The molecular formula is C20H16ClN3O7S2. The summed E-state index contributed by atoms with van der Waals surface area (Å²) in [6, 6.07) is 9.45. The summed E-state index contributed by atoms with van der Waals surface area (Å²) >= 11 is 6.79. The lowest BCUT2D eigenvalue weighted by Gasteiger charge is -2.10. The third-order valence-corrected chi connectivity index (χ3v) is 6.56. The lowest BCUT2D eigenvalue weighted by Crippen LogP contribution is -2.36. The van der Waals surface area contributed by atoms with E-state index in [1.165, 1.54) is 55.5 Å². The van der Waals surface area contributed by atoms with E-state index in [2.05, 4.69) is 5.32 Å². The number of hydrogen-bond donors (Lipinski definition) is 2. The summed E-state index contributed by atoms with van der Waals surface area (Å²) in [5.74, 6) is -1.95. The summed E-state index contributed by atoms with van der Waals surface area (Å²) in [5, 5.41) is 1.83. The minimum atomic E-state index is -4.22. The van der Waals surface area contributed by atoms with Gasteiger partial charge in [-0.05, 0) is 59.8 Å². The molecule has 1 aliphatic heterocycles. The van der Waals surface area contributed by atoms with Crippen molar-refractivity contribution in [2.45, 2.75) is 11.8 Å². The Kier molecular flexibility index (Phi) is 7.10. The summed E-state index contributed by atoms with van der Waals surface area (Å²) in [6.07, 6.45) is 1.37. The van der Waals surface area contributed by atoms with Crippen LogP contribution in [0.1, 0.15) is 12.5 Å². The predicted octanol–water partition coefficient (Wildman–Crippen LogP) is 2.59. The van der Waals surface area contributed by atoms with Gasteiger partial charge >= 0.3 is 10.1 Å². The number of imide groups is 1. The van der Waals surface area contributed by atoms with E-state index in [1.807, 2.05) is 0 Å². The summed E-state index contributed by atoms with van der Waals surface area (Å²) in [7, 11) is -4.22. The van der Waals surface area contributed by atoms with Crippen molar-refractivity contribution in [2.24, 2.45) is 5.73 Å². The summed E-state index contributed by atoms with van der Waals surface area (Å²) in [5.41, 5.74) is 5.86. The van der Waals surface area contributed by atoms with E-state index in [0.717, 1.165) is 4.90 Å². The molecule has 0 radical (unpaired) electrons. The third kappa shape index (κ3) is 5.92. The number of amides is 4. The monoisotopic (exact) mass is 509 g/mol. The number of nitrogens with zero attached hydrogens (tertiary/aromatic N) is 1. The molecule has 0 atom stereocenters. The van der Waals surface area contributed by atoms with Crippen molar-refractivity contribution in [3.63, 3.8) is 0 Å². The van der Waals surface area contributed by atoms with Crippen LogP contribution in [0.3, 0.4) is 0 Å². The number of thioether (sulfide) groups is 1. The van der Waals surface area contributed by atoms with E-state index in [1.54, 1.807) is 0 Å². The third-order valence-electron chi connectivity index (χ3n) is 4.10. The van der Waals surface area contributed by atoms with Crippen LogP contribution in [0.4, 0.5) is 10.5 Å². The van der Waals surface area contributed by atoms with Gasteiger partial charge in [0.15, 0.2) is 5.75 Å². The van der Waals surface area contributed by atoms with Gasteiger partial charge in [-0.2, -0.15) is 8.42 Å². The largest absolute Gasteiger partial charge is 0.377 e. The minimum absolute atomic E-state index is 0.0536. The molecule has 2 aromatic rings. The van der Waals surface area contributed by atoms with Crippen LogP contribution in [0.5, 0.6) is 5.75 Å². The molecule has 0 saturated carbocycles. The first kappa shape index (κ1) is 24.3. The maximum Gasteiger partial charge on any atom is 0.339 e. The number of benzene rings is 2. The molecule has 1 aliphatic rings. The fraction of sp³-hybridized carbons (Fsp3) is 0.100. The Bertz CT molecular complexity index is 1290. The molecule has 0 spiro atoms. The molecule has 1 saturated heterocycles. The second kappa shape index (κ2) is 9.65. The topological polar surface area (TPSA) is 153 Å². The maximum atomic E-state index is 12.5. The number of halogens is 1. The molecule has 0 aromatic heterocycles. The van der Waals surface area contributed by atoms with Crippen LogP contribution in [0, 0.1) is 0 Å². The minimum Gasteiger partial charge on any atom is -0.377 e. The van der Waals surface area contributed by atoms with E-state index in [4.69, 9.17) is 21.5 Å². The van der Waals surface area contributed by atoms with Crippen molar-refractivity contribution < 1.29 is 31.8 Å². The zero-order valence-corrected chi connectivity index (χ0v) is 19.3. The number of nitrogens with one attached hydrogen (secondary N) is 1. The molecule has 2 aromatic carbocycles. The Morgan fingerprint density at radius 1 is 1.18 bits per heavy atom. The highest BCUT2D eigenvalue weighted by Gasteiger charge is 2.35. The Morgan fingerprint density at radius 2 is 1.85 bits per heavy atom. The van der Waals surface area contributed by atoms with Crippen molar-refractivity contribution in [2.75, 3.05) is 11.9 Å². The zero-order valence-electron chi connectivity index (χ0n) is 16.9. The van der Waals surface area contributed by atoms with E-state index in [9.17, 15) is 27.6 Å². The fourth-order valence-corrected chi connectivity index (χ4v) is 4.75. The first-order chi connectivity index (χ1) is 15.5. The van der Waals surface area contributed by atoms with E-state index < -0.39 is 33.7 Å². The Balaban J connectivity index is 1.77. The van der Waals surface area contributed by atoms with Crippen molar-refractivity contribution in [1.82, 2.24) is 4.90 Å². The molecule has 3 rings (SSSR count). The van der Waals surface area contributed by atoms with Crippen LogP contribution in [-0.2, 0) is 24.5 Å². The molecular weight excluding hydrogens is 494 g/mol. The Morgan fingerprint density at radius 3 is 2.42 bits per heavy atom. The van der Waals surface area contributed by atoms with Gasteiger partial charge in [0.25, 0.3) is 11.1 Å². The maximum absolute atomic E-state index is 12.5. The standard InChI is InChI=1S/C20H16ClN3O7S2/c1-11(25)23-13-3-5-14(6-4-13)33(29,30)31-16-7-2-12(8-15(16)21)9-17-19(27)24(10-18(22)26)20(28)32-17/h2-9H,10H2,1H3,(H2,22,26)(H,23,25)/b17-9-. The van der Waals surface area contributed by atoms with Crippen molar-refractivity contribution in [1.29, 1.82) is 0 Å². The molecule has 0 unspecified atom stereocenters. The number of carbonyl (C=O) groups is 4. The van der Waals surface area contributed by atoms with Crippen LogP contribution in [0.2, 0.25) is 5.02 Å². The van der Waals surface area contributed by atoms with Crippen molar-refractivity contribution in [3.05, 3.63) is 58.0 Å². The van der Waals surface area contributed by atoms with Gasteiger partial charge in [0.1, 0.15) is 11.4 Å². The molecule has 172 valence electrons. The lowest BCUT2D eigenvalue weighted by molar-refractivity contribution is -0.127. The van der Waals surface area contributed by atoms with Crippen LogP contribution in [0.15, 0.2) is 52.3 Å². The van der Waals surface area contributed by atoms with Crippen LogP contribution < -0.4 is 15.2 Å². The summed E-state index contributed by atoms with van der Waals surface area (Å²) in [6.45, 7) is 0.796. The van der Waals surface area contributed by atoms with Crippen LogP contribution in [0.25, 0.3) is 6.08 Å². The van der Waals surface area contributed by atoms with Crippen LogP contribution >= 0.6 is 23.4 Å². The van der Waals surface area contributed by atoms with Gasteiger partial charge in [0.2, 0.25) is 11.8 Å². The Labute approximate surface area is 197 Å². The van der Waals surface area contributed by atoms with Crippen LogP contribution in [-0.4, -0.2) is 42.8 Å². The molecule has 1 heterocycles. The lowest BCUT2D eigenvalue weighted by atomic mass is 10.2. The number of anilines is 1. The van der Waals surface area contributed by atoms with E-state index in [-0.39, 0.29) is 26.5 Å². The number of primary amides is 1. The highest BCUT2D eigenvalue weighted by molar-refractivity contribution is 8.18. The number of carbonyl (C=O) groups excluding carboxylic acids is 4. The second-order valence-electron chi connectivity index (χ2n) is 6.67. The molecule has 4 amide bonds. The van der Waals surface area contributed by atoms with Gasteiger partial charge in [0.05, 0.1) is 9.93 Å². The van der Waals surface area contributed by atoms with Gasteiger partial charge in [0, 0.05) is 12.6 Å². The smallest absolute Gasteiger partial charge is 0.339 e. The van der Waals surface area contributed by atoms with Gasteiger partial charge in [-0.25, -0.2) is 0 Å². The normalized spacial score (nSPS) is 15.1. The summed E-state index contributed by atoms with van der Waals surface area (Å²) < 4.78 is 30.2. The molecule has 13 heteroatoms. The molecule has 33 heavy (non-hydrogen) atoms.